The SMILES string of the molecule is CC(C)(C)c1cc(OS(C)(=O)=O)cc(C(C)(C)C)c1O. The van der Waals surface area contributed by atoms with Gasteiger partial charge in [0.25, 0.3) is 0 Å². The molecule has 0 amide bonds. The molecule has 114 valence electrons. The van der Waals surface area contributed by atoms with Crippen LogP contribution >= 0.6 is 0 Å². The average molecular weight is 300 g/mol. The van der Waals surface area contributed by atoms with Crippen LogP contribution in [0.4, 0.5) is 0 Å². The first kappa shape index (κ1) is 16.8. The summed E-state index contributed by atoms with van der Waals surface area (Å²) in [6.07, 6.45) is 1.01. The molecule has 1 N–H and O–H groups in total. The van der Waals surface area contributed by atoms with Crippen LogP contribution in [0.1, 0.15) is 52.7 Å². The van der Waals surface area contributed by atoms with Crippen LogP contribution in [0.15, 0.2) is 12.1 Å². The van der Waals surface area contributed by atoms with Crippen molar-refractivity contribution in [2.24, 2.45) is 0 Å². The van der Waals surface area contributed by atoms with Gasteiger partial charge in [-0.15, -0.1) is 0 Å². The van der Waals surface area contributed by atoms with Gasteiger partial charge in [0, 0.05) is 11.1 Å². The van der Waals surface area contributed by atoms with Crippen LogP contribution in [0.5, 0.6) is 11.5 Å². The molecule has 4 nitrogen and oxygen atoms in total. The van der Waals surface area contributed by atoms with Crippen molar-refractivity contribution in [1.82, 2.24) is 0 Å². The molecule has 0 aromatic heterocycles. The largest absolute Gasteiger partial charge is 0.507 e. The van der Waals surface area contributed by atoms with Crippen molar-refractivity contribution >= 4 is 10.1 Å². The van der Waals surface area contributed by atoms with E-state index in [2.05, 4.69) is 0 Å². The number of rotatable bonds is 2. The highest BCUT2D eigenvalue weighted by atomic mass is 32.2. The number of aromatic hydroxyl groups is 1. The third kappa shape index (κ3) is 4.13. The fourth-order valence-electron chi connectivity index (χ4n) is 1.97. The molecule has 20 heavy (non-hydrogen) atoms. The second kappa shape index (κ2) is 4.95. The summed E-state index contributed by atoms with van der Waals surface area (Å²) in [6, 6.07) is 3.18. The molecule has 1 aromatic carbocycles. The number of hydrogen-bond donors (Lipinski definition) is 1. The fourth-order valence-corrected chi connectivity index (χ4v) is 2.42. The molecule has 0 bridgehead atoms. The molecule has 0 radical (unpaired) electrons. The lowest BCUT2D eigenvalue weighted by Crippen LogP contribution is -2.18. The lowest BCUT2D eigenvalue weighted by Gasteiger charge is -2.27. The summed E-state index contributed by atoms with van der Waals surface area (Å²) >= 11 is 0. The number of phenolic OH excluding ortho intramolecular Hbond substituents is 1. The van der Waals surface area contributed by atoms with Crippen LogP contribution in [0.2, 0.25) is 0 Å². The molecule has 0 spiro atoms. The Morgan fingerprint density at radius 3 is 1.55 bits per heavy atom. The molecule has 0 unspecified atom stereocenters. The highest BCUT2D eigenvalue weighted by Crippen LogP contribution is 2.41. The molecule has 0 aliphatic rings. The van der Waals surface area contributed by atoms with Gasteiger partial charge in [-0.1, -0.05) is 41.5 Å². The van der Waals surface area contributed by atoms with E-state index in [1.807, 2.05) is 41.5 Å². The highest BCUT2D eigenvalue weighted by molar-refractivity contribution is 7.86. The second-order valence-corrected chi connectivity index (χ2v) is 8.73. The van der Waals surface area contributed by atoms with E-state index in [4.69, 9.17) is 4.18 Å². The third-order valence-corrected chi connectivity index (χ3v) is 3.44. The van der Waals surface area contributed by atoms with Crippen molar-refractivity contribution in [2.75, 3.05) is 6.26 Å². The lowest BCUT2D eigenvalue weighted by atomic mass is 9.79. The molecule has 0 heterocycles. The van der Waals surface area contributed by atoms with E-state index in [-0.39, 0.29) is 22.3 Å². The molecular weight excluding hydrogens is 276 g/mol. The molecular formula is C15H24O4S. The van der Waals surface area contributed by atoms with E-state index in [0.717, 1.165) is 6.26 Å². The van der Waals surface area contributed by atoms with Gasteiger partial charge in [-0.3, -0.25) is 0 Å². The van der Waals surface area contributed by atoms with E-state index in [1.165, 1.54) is 0 Å². The standard InChI is InChI=1S/C15H24O4S/c1-14(2,3)11-8-10(19-20(7,17)18)9-12(13(11)16)15(4,5)6/h8-9,16H,1-7H3. The number of hydrogen-bond acceptors (Lipinski definition) is 4. The van der Waals surface area contributed by atoms with Crippen LogP contribution in [-0.4, -0.2) is 19.8 Å². The lowest BCUT2D eigenvalue weighted by molar-refractivity contribution is 0.418. The van der Waals surface area contributed by atoms with Crippen molar-refractivity contribution in [1.29, 1.82) is 0 Å². The van der Waals surface area contributed by atoms with Gasteiger partial charge in [0.2, 0.25) is 0 Å². The highest BCUT2D eigenvalue weighted by Gasteiger charge is 2.27. The zero-order valence-electron chi connectivity index (χ0n) is 13.2. The smallest absolute Gasteiger partial charge is 0.306 e. The maximum absolute atomic E-state index is 11.3. The second-order valence-electron chi connectivity index (χ2n) is 7.15. The third-order valence-electron chi connectivity index (χ3n) is 2.95. The fraction of sp³-hybridized carbons (Fsp3) is 0.600. The van der Waals surface area contributed by atoms with Crippen LogP contribution in [0.3, 0.4) is 0 Å². The molecule has 0 aliphatic heterocycles. The quantitative estimate of drug-likeness (QED) is 0.851. The molecule has 5 heteroatoms. The predicted octanol–water partition coefficient (Wildman–Crippen LogP) is 3.33. The number of phenols is 1. The Morgan fingerprint density at radius 2 is 1.30 bits per heavy atom. The number of benzene rings is 1. The first-order valence-electron chi connectivity index (χ1n) is 6.49. The topological polar surface area (TPSA) is 63.6 Å². The maximum Gasteiger partial charge on any atom is 0.306 e. The molecule has 0 aliphatic carbocycles. The molecule has 0 saturated heterocycles. The Bertz CT molecular complexity index is 567. The minimum Gasteiger partial charge on any atom is -0.507 e. The van der Waals surface area contributed by atoms with Crippen LogP contribution in [0.25, 0.3) is 0 Å². The minimum atomic E-state index is -3.60. The summed E-state index contributed by atoms with van der Waals surface area (Å²) in [5.41, 5.74) is 0.703. The van der Waals surface area contributed by atoms with Crippen LogP contribution in [-0.2, 0) is 20.9 Å². The summed E-state index contributed by atoms with van der Waals surface area (Å²) in [6.45, 7) is 11.7. The van der Waals surface area contributed by atoms with E-state index in [0.29, 0.717) is 11.1 Å². The Morgan fingerprint density at radius 1 is 0.950 bits per heavy atom. The van der Waals surface area contributed by atoms with Gasteiger partial charge >= 0.3 is 10.1 Å². The Hall–Kier alpha value is -1.23. The zero-order chi connectivity index (χ0) is 15.9. The molecule has 1 rings (SSSR count). The Kier molecular flexibility index (Phi) is 4.16. The monoisotopic (exact) mass is 300 g/mol. The normalized spacial score (nSPS) is 13.3. The summed E-state index contributed by atoms with van der Waals surface area (Å²) in [4.78, 5) is 0. The van der Waals surface area contributed by atoms with Gasteiger partial charge in [0.1, 0.15) is 11.5 Å². The van der Waals surface area contributed by atoms with Gasteiger partial charge in [-0.25, -0.2) is 0 Å². The summed E-state index contributed by atoms with van der Waals surface area (Å²) < 4.78 is 27.6. The van der Waals surface area contributed by atoms with Crippen molar-refractivity contribution < 1.29 is 17.7 Å². The summed E-state index contributed by atoms with van der Waals surface area (Å²) in [5, 5.41) is 10.5. The molecule has 1 aromatic rings. The van der Waals surface area contributed by atoms with E-state index >= 15 is 0 Å². The first-order chi connectivity index (χ1) is 8.72. The van der Waals surface area contributed by atoms with Crippen molar-refractivity contribution in [2.45, 2.75) is 52.4 Å². The molecule has 0 fully saturated rings. The van der Waals surface area contributed by atoms with E-state index < -0.39 is 10.1 Å². The Labute approximate surface area is 121 Å². The van der Waals surface area contributed by atoms with Gasteiger partial charge in [-0.05, 0) is 23.0 Å². The minimum absolute atomic E-state index is 0.200. The van der Waals surface area contributed by atoms with Crippen LogP contribution in [0, 0.1) is 0 Å². The maximum atomic E-state index is 11.3. The summed E-state index contributed by atoms with van der Waals surface area (Å²) in [5.74, 6) is 0.436. The first-order valence-corrected chi connectivity index (χ1v) is 8.31. The van der Waals surface area contributed by atoms with E-state index in [9.17, 15) is 13.5 Å². The summed E-state index contributed by atoms with van der Waals surface area (Å²) in [7, 11) is -3.60. The van der Waals surface area contributed by atoms with Crippen LogP contribution < -0.4 is 4.18 Å². The zero-order valence-corrected chi connectivity index (χ0v) is 14.1. The predicted molar refractivity (Wildman–Crippen MR) is 81.0 cm³/mol. The van der Waals surface area contributed by atoms with Gasteiger partial charge < -0.3 is 9.29 Å². The van der Waals surface area contributed by atoms with Gasteiger partial charge in [-0.2, -0.15) is 8.42 Å². The average Bonchev–Trinajstić information content (AvgIpc) is 2.14. The Balaban J connectivity index is 3.59. The van der Waals surface area contributed by atoms with E-state index in [1.54, 1.807) is 12.1 Å². The van der Waals surface area contributed by atoms with Crippen molar-refractivity contribution in [3.63, 3.8) is 0 Å². The van der Waals surface area contributed by atoms with Gasteiger partial charge in [0.15, 0.2) is 0 Å². The van der Waals surface area contributed by atoms with Gasteiger partial charge in [0.05, 0.1) is 6.26 Å². The molecule has 0 atom stereocenters. The van der Waals surface area contributed by atoms with Crippen molar-refractivity contribution in [3.8, 4) is 11.5 Å². The van der Waals surface area contributed by atoms with Crippen molar-refractivity contribution in [3.05, 3.63) is 23.3 Å². The molecule has 0 saturated carbocycles.